The summed E-state index contributed by atoms with van der Waals surface area (Å²) in [7, 11) is 5.78. The second kappa shape index (κ2) is 47.1. The summed E-state index contributed by atoms with van der Waals surface area (Å²) in [6.07, 6.45) is 4.26. The molecule has 18 nitrogen and oxygen atoms in total. The number of aryl methyl sites for hydroxylation is 1. The fourth-order valence-electron chi connectivity index (χ4n) is 21.0. The number of hydrogen-bond donors (Lipinski definition) is 2. The molecule has 7 heterocycles. The van der Waals surface area contributed by atoms with Gasteiger partial charge in [0.15, 0.2) is 0 Å². The molecule has 0 spiro atoms. The topological polar surface area (TPSA) is 114 Å². The summed E-state index contributed by atoms with van der Waals surface area (Å²) in [5.41, 5.74) is 27.2. The molecule has 1 aromatic heterocycles. The molecular weight excluding hydrogens is 1630 g/mol. The van der Waals surface area contributed by atoms with Crippen LogP contribution in [0.25, 0.3) is 0 Å². The zero-order valence-corrected chi connectivity index (χ0v) is 90.3. The Kier molecular flexibility index (Phi) is 39.3. The Balaban J connectivity index is 0.000000217. The number of phenolic OH excluding ortho intramolecular Hbond substituents is 1. The number of amides is 1. The number of anilines is 2. The first kappa shape index (κ1) is 110. The number of ether oxygens (including phenoxy) is 1. The molecule has 0 unspecified atom stereocenters. The van der Waals surface area contributed by atoms with Crippen LogP contribution in [0.4, 0.5) is 11.4 Å². The number of methoxy groups -OCH3 is 1. The van der Waals surface area contributed by atoms with E-state index in [4.69, 9.17) is 4.74 Å². The van der Waals surface area contributed by atoms with E-state index in [1.165, 1.54) is 115 Å². The van der Waals surface area contributed by atoms with Gasteiger partial charge in [-0.05, 0) is 327 Å². The third kappa shape index (κ3) is 27.5. The predicted octanol–water partition coefficient (Wildman–Crippen LogP) is 25.0. The van der Waals surface area contributed by atoms with Crippen LogP contribution in [-0.4, -0.2) is 212 Å². The summed E-state index contributed by atoms with van der Waals surface area (Å²) in [6.45, 7) is 94.9. The molecule has 6 saturated heterocycles. The number of aromatic nitrogens is 1. The standard InChI is InChI=1S/C20H31N3O.C20H33N3.C20H32N2.C19H30N2O2.C18H28N2.C17H27N3/c1-14(2)19-20(6,7)22(13-23(19)15(3)4)12-17-8-10-18(11-9-17)21-16(5)24;1-15(2)19-20(5,6)22(14-23(19)16(3)4)13-17-9-11-18(12-10-17)21(7)8;1-16(2)19-20(5,6)21(15-22(19)17(3)4)14-10-13-18-11-8-7-9-12-18;1-13(2)18-19(5,6)20(12-21(18)14(3)4)11-15-8-9-16(23-7)10-17(15)22;1-14(2)17-18(5,6)19(13-20(17)15(3)4)12-16-10-8-7-9-11-16;1-13(2)16-17(5,6)19(12-20(16)14(3)4)11-15-9-7-8-10-18-15/h8-11,15H,12-13H2,1-7H3,(H,21,24);9-12,16H,13-14H2,1-8H3;7-9,11-12,17H,10,13-15H2,1-6H3;8-10,14,22H,11-12H2,1-7H3;7-11,15H,12-13H2,1-6H3;7-10,14H,11-12H2,1-6H3. The molecule has 5 aromatic carbocycles. The van der Waals surface area contributed by atoms with Crippen LogP contribution in [0, 0.1) is 0 Å². The highest BCUT2D eigenvalue weighted by atomic mass is 16.5. The maximum absolute atomic E-state index is 11.1. The van der Waals surface area contributed by atoms with E-state index in [9.17, 15) is 9.90 Å². The van der Waals surface area contributed by atoms with Crippen molar-refractivity contribution in [2.45, 2.75) is 371 Å². The number of hydrogen-bond acceptors (Lipinski definition) is 17. The van der Waals surface area contributed by atoms with Crippen LogP contribution in [0.3, 0.4) is 0 Å². The second-order valence-corrected chi connectivity index (χ2v) is 43.8. The lowest BCUT2D eigenvalue weighted by molar-refractivity contribution is -0.114. The average molecular weight is 1810 g/mol. The van der Waals surface area contributed by atoms with Crippen LogP contribution < -0.4 is 15.0 Å². The summed E-state index contributed by atoms with van der Waals surface area (Å²) in [5.74, 6) is 0.937. The molecule has 1 amide bonds. The van der Waals surface area contributed by atoms with E-state index in [0.717, 1.165) is 89.7 Å². The van der Waals surface area contributed by atoms with Crippen molar-refractivity contribution in [3.63, 3.8) is 0 Å². The number of carbonyl (C=O) groups is 1. The molecule has 0 bridgehead atoms. The van der Waals surface area contributed by atoms with E-state index in [1.807, 2.05) is 36.5 Å². The Labute approximate surface area is 804 Å². The fourth-order valence-corrected chi connectivity index (χ4v) is 21.0. The second-order valence-electron chi connectivity index (χ2n) is 43.8. The smallest absolute Gasteiger partial charge is 0.221 e. The van der Waals surface area contributed by atoms with Crippen LogP contribution in [0.1, 0.15) is 296 Å². The van der Waals surface area contributed by atoms with Crippen molar-refractivity contribution >= 4 is 17.3 Å². The van der Waals surface area contributed by atoms with Crippen molar-refractivity contribution in [3.05, 3.63) is 253 Å². The molecule has 730 valence electrons. The average Bonchev–Trinajstić information content (AvgIpc) is 1.64. The molecule has 18 heteroatoms. The van der Waals surface area contributed by atoms with Crippen molar-refractivity contribution in [2.75, 3.05) is 78.0 Å². The van der Waals surface area contributed by atoms with Crippen LogP contribution in [0.5, 0.6) is 11.5 Å². The van der Waals surface area contributed by atoms with Crippen molar-refractivity contribution < 1.29 is 14.6 Å². The largest absolute Gasteiger partial charge is 0.507 e. The van der Waals surface area contributed by atoms with Gasteiger partial charge in [-0.3, -0.25) is 39.2 Å². The normalized spacial score (nSPS) is 18.2. The molecule has 0 atom stereocenters. The summed E-state index contributed by atoms with van der Waals surface area (Å²) in [5, 5.41) is 13.1. The van der Waals surface area contributed by atoms with Crippen molar-refractivity contribution in [1.29, 1.82) is 0 Å². The van der Waals surface area contributed by atoms with Gasteiger partial charge in [-0.1, -0.05) is 131 Å². The molecule has 6 aliphatic rings. The molecule has 2 N–H and O–H groups in total. The summed E-state index contributed by atoms with van der Waals surface area (Å²) >= 11 is 0. The number of allylic oxidation sites excluding steroid dienone is 6. The first-order chi connectivity index (χ1) is 61.5. The van der Waals surface area contributed by atoms with Crippen molar-refractivity contribution in [1.82, 2.24) is 63.8 Å². The highest BCUT2D eigenvalue weighted by Gasteiger charge is 2.49. The lowest BCUT2D eigenvalue weighted by atomic mass is 9.95. The Morgan fingerprint density at radius 1 is 0.371 bits per heavy atom. The Morgan fingerprint density at radius 3 is 0.955 bits per heavy atom. The Bertz CT molecular complexity index is 4750. The number of pyridine rings is 1. The number of rotatable bonds is 23. The van der Waals surface area contributed by atoms with Gasteiger partial charge in [0.25, 0.3) is 0 Å². The summed E-state index contributed by atoms with van der Waals surface area (Å²) < 4.78 is 5.17. The van der Waals surface area contributed by atoms with E-state index in [1.54, 1.807) is 13.2 Å². The van der Waals surface area contributed by atoms with Gasteiger partial charge < -0.3 is 49.5 Å². The highest BCUT2D eigenvalue weighted by Crippen LogP contribution is 2.46. The first-order valence-electron chi connectivity index (χ1n) is 49.1. The summed E-state index contributed by atoms with van der Waals surface area (Å²) in [4.78, 5) is 48.1. The number of benzene rings is 5. The van der Waals surface area contributed by atoms with Gasteiger partial charge in [0.2, 0.25) is 5.91 Å². The Hall–Kier alpha value is -8.88. The van der Waals surface area contributed by atoms with Crippen molar-refractivity contribution in [2.24, 2.45) is 0 Å². The van der Waals surface area contributed by atoms with Crippen LogP contribution in [0.15, 0.2) is 219 Å². The fraction of sp³-hybridized carbons (Fsp3) is 0.579. The number of phenols is 1. The van der Waals surface area contributed by atoms with Gasteiger partial charge >= 0.3 is 0 Å². The quantitative estimate of drug-likeness (QED) is 0.0634. The van der Waals surface area contributed by atoms with E-state index >= 15 is 0 Å². The first-order valence-corrected chi connectivity index (χ1v) is 49.1. The maximum atomic E-state index is 11.1. The van der Waals surface area contributed by atoms with Gasteiger partial charge in [-0.25, -0.2) is 0 Å². The van der Waals surface area contributed by atoms with Gasteiger partial charge in [-0.15, -0.1) is 0 Å². The lowest BCUT2D eigenvalue weighted by Gasteiger charge is -2.32. The summed E-state index contributed by atoms with van der Waals surface area (Å²) in [6, 6.07) is 53.4. The van der Waals surface area contributed by atoms with E-state index in [0.29, 0.717) is 54.3 Å². The molecule has 0 radical (unpaired) electrons. The molecule has 132 heavy (non-hydrogen) atoms. The van der Waals surface area contributed by atoms with E-state index in [2.05, 4.69) is 447 Å². The zero-order chi connectivity index (χ0) is 98.9. The minimum atomic E-state index is -0.0600. The third-order valence-corrected chi connectivity index (χ3v) is 27.6. The number of aromatic hydroxyl groups is 1. The number of nitrogens with zero attached hydrogens (tertiary/aromatic N) is 14. The van der Waals surface area contributed by atoms with Gasteiger partial charge in [0.05, 0.1) is 86.0 Å². The minimum absolute atomic E-state index is 0.0133. The minimum Gasteiger partial charge on any atom is -0.507 e. The Morgan fingerprint density at radius 2 is 0.667 bits per heavy atom. The van der Waals surface area contributed by atoms with Crippen LogP contribution in [0.2, 0.25) is 0 Å². The monoisotopic (exact) mass is 1810 g/mol. The molecule has 12 rings (SSSR count). The lowest BCUT2D eigenvalue weighted by Crippen LogP contribution is -2.40. The van der Waals surface area contributed by atoms with Gasteiger partial charge in [0, 0.05) is 160 Å². The van der Waals surface area contributed by atoms with Crippen LogP contribution in [-0.2, 0) is 43.9 Å². The van der Waals surface area contributed by atoms with E-state index in [-0.39, 0.29) is 39.1 Å². The molecule has 0 aliphatic carbocycles. The van der Waals surface area contributed by atoms with Crippen LogP contribution >= 0.6 is 0 Å². The SMILES string of the molecule is CC(=O)Nc1ccc(CN2CN(C(C)C)C(=C(C)C)C2(C)C)cc1.CC(C)=C1N(C(C)C)CN(CCCc2ccccc2)C1(C)C.CC(C)=C1N(C(C)C)CN(Cc2ccc(N(C)C)cc2)C1(C)C.CC(C)=C1N(C(C)C)CN(Cc2ccccc2)C1(C)C.CC(C)=C1N(C(C)C)CN(Cc2ccccn2)C1(C)C.COc1ccc(CN2CN(C(C)C)C(=C(C)C)C2(C)C)c(O)c1. The third-order valence-electron chi connectivity index (χ3n) is 27.6. The highest BCUT2D eigenvalue weighted by molar-refractivity contribution is 5.88. The number of carbonyl (C=O) groups excluding carboxylic acids is 1. The zero-order valence-electron chi connectivity index (χ0n) is 90.3. The van der Waals surface area contributed by atoms with E-state index < -0.39 is 0 Å². The predicted molar refractivity (Wildman–Crippen MR) is 562 cm³/mol. The van der Waals surface area contributed by atoms with Crippen molar-refractivity contribution in [3.8, 4) is 11.5 Å². The van der Waals surface area contributed by atoms with Gasteiger partial charge in [-0.2, -0.15) is 0 Å². The molecular formula is C114H181N15O3. The maximum Gasteiger partial charge on any atom is 0.221 e. The molecule has 6 aliphatic heterocycles. The number of nitrogens with one attached hydrogen (secondary N) is 1. The molecule has 6 fully saturated rings. The molecule has 6 aromatic rings. The van der Waals surface area contributed by atoms with Gasteiger partial charge in [0.1, 0.15) is 11.5 Å². The molecule has 0 saturated carbocycles.